The summed E-state index contributed by atoms with van der Waals surface area (Å²) in [6.45, 7) is 10.8. The number of likely N-dealkylation sites (tertiary alicyclic amines) is 1. The summed E-state index contributed by atoms with van der Waals surface area (Å²) in [4.78, 5) is 32.4. The average Bonchev–Trinajstić information content (AvgIpc) is 3.69. The van der Waals surface area contributed by atoms with Crippen molar-refractivity contribution in [1.29, 1.82) is 0 Å². The number of methoxy groups -OCH3 is 1. The van der Waals surface area contributed by atoms with Gasteiger partial charge in [0.2, 0.25) is 10.0 Å². The molecule has 4 aromatic rings. The molecule has 310 valence electrons. The summed E-state index contributed by atoms with van der Waals surface area (Å²) < 4.78 is 32.6. The average molecular weight is 805 g/mol. The van der Waals surface area contributed by atoms with Crippen molar-refractivity contribution in [2.75, 3.05) is 53.4 Å². The number of carbonyl (C=O) groups is 2. The van der Waals surface area contributed by atoms with E-state index in [0.717, 1.165) is 39.0 Å². The molecule has 0 spiro atoms. The summed E-state index contributed by atoms with van der Waals surface area (Å²) in [5.74, 6) is 0.860. The van der Waals surface area contributed by atoms with Gasteiger partial charge in [-0.05, 0) is 54.6 Å². The number of aldehydes is 1. The third-order valence-electron chi connectivity index (χ3n) is 8.99. The number of nitrogens with zero attached hydrogens (tertiary/aromatic N) is 3. The monoisotopic (exact) mass is 804 g/mol. The van der Waals surface area contributed by atoms with E-state index in [1.165, 1.54) is 48.1 Å². The Labute approximate surface area is 338 Å². The molecule has 0 bridgehead atoms. The summed E-state index contributed by atoms with van der Waals surface area (Å²) in [5, 5.41) is 16.0. The van der Waals surface area contributed by atoms with Crippen molar-refractivity contribution in [3.05, 3.63) is 142 Å². The van der Waals surface area contributed by atoms with Crippen molar-refractivity contribution in [1.82, 2.24) is 19.8 Å². The highest BCUT2D eigenvalue weighted by atomic mass is 32.2. The number of hydrogen-bond acceptors (Lipinski definition) is 10. The summed E-state index contributed by atoms with van der Waals surface area (Å²) in [5.41, 5.74) is 8.92. The molecule has 1 unspecified atom stereocenters. The number of sulfonamides is 1. The lowest BCUT2D eigenvalue weighted by molar-refractivity contribution is -0.384. The predicted molar refractivity (Wildman–Crippen MR) is 226 cm³/mol. The first-order valence-corrected chi connectivity index (χ1v) is 20.5. The molecular weight excluding hydrogens is 745 g/mol. The quantitative estimate of drug-likeness (QED) is 0.0688. The molecule has 4 N–H and O–H groups in total. The molecule has 0 aliphatic carbocycles. The Balaban J connectivity index is 0.000000339. The highest BCUT2D eigenvalue weighted by molar-refractivity contribution is 7.89. The fourth-order valence-electron chi connectivity index (χ4n) is 5.81. The standard InChI is InChI=1S/C22H29N3O4S.C14H14.C4H7NO3.C3H10N2/c1-18(2)12-15-24(30(28,29)22-10-8-20(9-11-22)25(26)27)21-13-14-23(17-21)16-19-6-4-3-5-7-19;1-12(13-8-4-2-5-9-13)14-10-6-3-7-11-14;1-8-4(7)5-2-3-6;1-5-3-2-4/h3-11,18,21H,12-17H2,1-2H3;2-12H,1H3;3H,2H2,1H3,(H,5,7);5H,2-4H2,1H3. The van der Waals surface area contributed by atoms with Crippen LogP contribution in [0.5, 0.6) is 0 Å². The second-order valence-corrected chi connectivity index (χ2v) is 15.6. The summed E-state index contributed by atoms with van der Waals surface area (Å²) in [7, 11) is -0.617. The topological polar surface area (TPSA) is 177 Å². The van der Waals surface area contributed by atoms with Gasteiger partial charge in [0.15, 0.2) is 0 Å². The van der Waals surface area contributed by atoms with Crippen LogP contribution in [0.15, 0.2) is 120 Å². The molecule has 1 atom stereocenters. The molecule has 0 radical (unpaired) electrons. The van der Waals surface area contributed by atoms with Crippen LogP contribution in [0, 0.1) is 16.0 Å². The lowest BCUT2D eigenvalue weighted by Gasteiger charge is -2.29. The Bertz CT molecular complexity index is 1780. The van der Waals surface area contributed by atoms with E-state index >= 15 is 0 Å². The second-order valence-electron chi connectivity index (χ2n) is 13.7. The molecule has 1 heterocycles. The Morgan fingerprint density at radius 2 is 1.49 bits per heavy atom. The summed E-state index contributed by atoms with van der Waals surface area (Å²) in [6, 6.07) is 36.4. The first-order chi connectivity index (χ1) is 27.4. The molecule has 1 saturated heterocycles. The van der Waals surface area contributed by atoms with Gasteiger partial charge in [-0.3, -0.25) is 15.0 Å². The van der Waals surface area contributed by atoms with Crippen LogP contribution in [-0.4, -0.2) is 94.4 Å². The van der Waals surface area contributed by atoms with Crippen LogP contribution in [0.3, 0.4) is 0 Å². The van der Waals surface area contributed by atoms with Gasteiger partial charge in [0.05, 0.1) is 23.5 Å². The minimum absolute atomic E-state index is 0.00662. The maximum atomic E-state index is 13.4. The zero-order valence-corrected chi connectivity index (χ0v) is 34.6. The van der Waals surface area contributed by atoms with Crippen LogP contribution in [0.2, 0.25) is 0 Å². The zero-order valence-electron chi connectivity index (χ0n) is 33.8. The van der Waals surface area contributed by atoms with E-state index in [1.807, 2.05) is 25.2 Å². The number of alkyl carbamates (subject to hydrolysis) is 1. The van der Waals surface area contributed by atoms with Gasteiger partial charge in [0.25, 0.3) is 5.69 Å². The number of nitro groups is 1. The Morgan fingerprint density at radius 3 is 1.93 bits per heavy atom. The Morgan fingerprint density at radius 1 is 0.947 bits per heavy atom. The van der Waals surface area contributed by atoms with E-state index < -0.39 is 21.0 Å². The molecule has 1 fully saturated rings. The SMILES string of the molecule is CC(C)CCN(C1CCN(Cc2ccccc2)C1)S(=O)(=O)c1ccc([N+](=O)[O-])cc1.CC(c1ccccc1)c1ccccc1.CNCCN.COC(=O)NCC=O. The number of nitrogens with one attached hydrogen (secondary N) is 2. The van der Waals surface area contributed by atoms with Crippen LogP contribution in [0.1, 0.15) is 56.2 Å². The highest BCUT2D eigenvalue weighted by Gasteiger charge is 2.36. The molecule has 13 nitrogen and oxygen atoms in total. The number of nitrogens with two attached hydrogens (primary N) is 1. The van der Waals surface area contributed by atoms with Gasteiger partial charge in [-0.2, -0.15) is 4.31 Å². The number of hydrogen-bond donors (Lipinski definition) is 3. The van der Waals surface area contributed by atoms with Crippen molar-refractivity contribution in [2.45, 2.75) is 57.0 Å². The molecular formula is C43H60N6O7S. The van der Waals surface area contributed by atoms with Crippen LogP contribution in [-0.2, 0) is 26.1 Å². The van der Waals surface area contributed by atoms with E-state index in [-0.39, 0.29) is 23.2 Å². The third-order valence-corrected chi connectivity index (χ3v) is 11.0. The van der Waals surface area contributed by atoms with Gasteiger partial charge in [0, 0.05) is 63.4 Å². The number of nitro benzene ring substituents is 1. The molecule has 0 aromatic heterocycles. The molecule has 57 heavy (non-hydrogen) atoms. The predicted octanol–water partition coefficient (Wildman–Crippen LogP) is 6.45. The van der Waals surface area contributed by atoms with Crippen LogP contribution in [0.4, 0.5) is 10.5 Å². The summed E-state index contributed by atoms with van der Waals surface area (Å²) >= 11 is 0. The molecule has 14 heteroatoms. The van der Waals surface area contributed by atoms with E-state index in [1.54, 1.807) is 4.31 Å². The van der Waals surface area contributed by atoms with E-state index in [2.05, 4.69) is 114 Å². The lowest BCUT2D eigenvalue weighted by atomic mass is 9.93. The van der Waals surface area contributed by atoms with Crippen molar-refractivity contribution in [3.63, 3.8) is 0 Å². The lowest BCUT2D eigenvalue weighted by Crippen LogP contribution is -2.42. The van der Waals surface area contributed by atoms with Crippen LogP contribution >= 0.6 is 0 Å². The van der Waals surface area contributed by atoms with Crippen molar-refractivity contribution >= 4 is 28.1 Å². The number of ether oxygens (including phenoxy) is 1. The third kappa shape index (κ3) is 17.8. The van der Waals surface area contributed by atoms with Crippen molar-refractivity contribution < 1.29 is 27.7 Å². The molecule has 1 aliphatic heterocycles. The van der Waals surface area contributed by atoms with Crippen molar-refractivity contribution in [2.24, 2.45) is 11.7 Å². The van der Waals surface area contributed by atoms with Gasteiger partial charge in [-0.15, -0.1) is 0 Å². The van der Waals surface area contributed by atoms with Crippen LogP contribution < -0.4 is 16.4 Å². The number of non-ortho nitro benzene ring substituents is 1. The first kappa shape index (κ1) is 48.2. The zero-order chi connectivity index (χ0) is 42.1. The smallest absolute Gasteiger partial charge is 0.407 e. The fraction of sp³-hybridized carbons (Fsp3) is 0.395. The molecule has 1 aliphatic rings. The Hall–Kier alpha value is -4.99. The second kappa shape index (κ2) is 26.8. The van der Waals surface area contributed by atoms with E-state index in [9.17, 15) is 28.1 Å². The first-order valence-electron chi connectivity index (χ1n) is 19.1. The van der Waals surface area contributed by atoms with E-state index in [4.69, 9.17) is 5.73 Å². The highest BCUT2D eigenvalue weighted by Crippen LogP contribution is 2.27. The van der Waals surface area contributed by atoms with Crippen LogP contribution in [0.25, 0.3) is 0 Å². The van der Waals surface area contributed by atoms with Gasteiger partial charge in [0.1, 0.15) is 6.29 Å². The fourth-order valence-corrected chi connectivity index (χ4v) is 7.47. The van der Waals surface area contributed by atoms with E-state index in [0.29, 0.717) is 31.2 Å². The van der Waals surface area contributed by atoms with Crippen molar-refractivity contribution in [3.8, 4) is 0 Å². The number of likely N-dealkylation sites (N-methyl/N-ethyl adjacent to an activating group) is 1. The van der Waals surface area contributed by atoms with Gasteiger partial charge >= 0.3 is 6.09 Å². The largest absolute Gasteiger partial charge is 0.453 e. The minimum Gasteiger partial charge on any atom is -0.453 e. The molecule has 4 aromatic carbocycles. The van der Waals surface area contributed by atoms with Gasteiger partial charge in [-0.1, -0.05) is 112 Å². The molecule has 5 rings (SSSR count). The number of amides is 1. The normalized spacial score (nSPS) is 13.7. The molecule has 1 amide bonds. The number of rotatable bonds is 15. The number of carbonyl (C=O) groups excluding carboxylic acids is 2. The summed E-state index contributed by atoms with van der Waals surface area (Å²) in [6.07, 6.45) is 1.53. The maximum Gasteiger partial charge on any atom is 0.407 e. The van der Waals surface area contributed by atoms with Gasteiger partial charge < -0.3 is 25.9 Å². The number of benzene rings is 4. The van der Waals surface area contributed by atoms with Gasteiger partial charge in [-0.25, -0.2) is 13.2 Å². The Kier molecular flexibility index (Phi) is 22.6. The minimum atomic E-state index is -3.73. The maximum absolute atomic E-state index is 13.4. The molecule has 0 saturated carbocycles.